The Morgan fingerprint density at radius 3 is 2.42 bits per heavy atom. The Bertz CT molecular complexity index is 1290. The SMILES string of the molecule is O=C(Nc1cccn(CCC(F)(F)F)c1=O)c1ccc(S(=O)(=O)CCO)cc1N1CCC2(CC1)CC2. The highest BCUT2D eigenvalue weighted by atomic mass is 32.2. The molecule has 4 rings (SSSR count). The summed E-state index contributed by atoms with van der Waals surface area (Å²) >= 11 is 0. The van der Waals surface area contributed by atoms with Crippen LogP contribution in [0.3, 0.4) is 0 Å². The van der Waals surface area contributed by atoms with E-state index in [1.165, 1.54) is 36.5 Å². The Balaban J connectivity index is 1.63. The first-order valence-corrected chi connectivity index (χ1v) is 13.4. The van der Waals surface area contributed by atoms with Crippen molar-refractivity contribution >= 4 is 27.1 Å². The second kappa shape index (κ2) is 9.89. The number of nitrogens with zero attached hydrogens (tertiary/aromatic N) is 2. The number of pyridine rings is 1. The van der Waals surface area contributed by atoms with Gasteiger partial charge in [0.25, 0.3) is 11.5 Å². The highest BCUT2D eigenvalue weighted by molar-refractivity contribution is 7.91. The van der Waals surface area contributed by atoms with Crippen LogP contribution in [-0.2, 0) is 16.4 Å². The van der Waals surface area contributed by atoms with E-state index in [4.69, 9.17) is 5.11 Å². The van der Waals surface area contributed by atoms with Crippen LogP contribution >= 0.6 is 0 Å². The van der Waals surface area contributed by atoms with Gasteiger partial charge >= 0.3 is 6.18 Å². The van der Waals surface area contributed by atoms with Gasteiger partial charge in [-0.15, -0.1) is 0 Å². The summed E-state index contributed by atoms with van der Waals surface area (Å²) in [6.45, 7) is 0.156. The summed E-state index contributed by atoms with van der Waals surface area (Å²) in [5.74, 6) is -1.13. The second-order valence-electron chi connectivity index (χ2n) is 9.45. The number of alkyl halides is 3. The molecule has 1 spiro atoms. The molecule has 2 N–H and O–H groups in total. The van der Waals surface area contributed by atoms with Crippen LogP contribution in [0, 0.1) is 5.41 Å². The fourth-order valence-electron chi connectivity index (χ4n) is 4.54. The van der Waals surface area contributed by atoms with Crippen molar-refractivity contribution in [2.45, 2.75) is 49.7 Å². The quantitative estimate of drug-likeness (QED) is 0.546. The molecule has 8 nitrogen and oxygen atoms in total. The van der Waals surface area contributed by atoms with Gasteiger partial charge in [-0.05, 0) is 61.4 Å². The van der Waals surface area contributed by atoms with Gasteiger partial charge in [0.2, 0.25) is 0 Å². The van der Waals surface area contributed by atoms with Crippen molar-refractivity contribution in [2.24, 2.45) is 5.41 Å². The molecule has 0 radical (unpaired) electrons. The highest BCUT2D eigenvalue weighted by Gasteiger charge is 2.44. The molecule has 1 saturated carbocycles. The van der Waals surface area contributed by atoms with E-state index in [2.05, 4.69) is 5.32 Å². The van der Waals surface area contributed by atoms with Gasteiger partial charge in [0.15, 0.2) is 9.84 Å². The van der Waals surface area contributed by atoms with Crippen molar-refractivity contribution in [3.63, 3.8) is 0 Å². The van der Waals surface area contributed by atoms with E-state index in [0.29, 0.717) is 24.2 Å². The number of benzene rings is 1. The third-order valence-electron chi connectivity index (χ3n) is 6.96. The van der Waals surface area contributed by atoms with E-state index >= 15 is 0 Å². The zero-order chi connectivity index (χ0) is 26.1. The number of carbonyl (C=O) groups is 1. The normalized spacial score (nSPS) is 17.3. The molecule has 12 heteroatoms. The molecule has 1 amide bonds. The van der Waals surface area contributed by atoms with Crippen molar-refractivity contribution in [3.05, 3.63) is 52.4 Å². The van der Waals surface area contributed by atoms with Crippen LogP contribution in [0.4, 0.5) is 24.5 Å². The average molecular weight is 528 g/mol. The third-order valence-corrected chi connectivity index (χ3v) is 8.65. The van der Waals surface area contributed by atoms with Crippen LogP contribution in [0.25, 0.3) is 0 Å². The fraction of sp³-hybridized carbons (Fsp3) is 0.500. The fourth-order valence-corrected chi connectivity index (χ4v) is 5.58. The molecular weight excluding hydrogens is 499 g/mol. The number of halogens is 3. The Kier molecular flexibility index (Phi) is 7.20. The number of aliphatic hydroxyl groups is 1. The van der Waals surface area contributed by atoms with Crippen molar-refractivity contribution in [3.8, 4) is 0 Å². The lowest BCUT2D eigenvalue weighted by atomic mass is 9.93. The molecule has 36 heavy (non-hydrogen) atoms. The third kappa shape index (κ3) is 5.92. The van der Waals surface area contributed by atoms with Gasteiger partial charge in [-0.25, -0.2) is 8.42 Å². The molecule has 0 atom stereocenters. The minimum atomic E-state index is -4.43. The molecule has 196 valence electrons. The summed E-state index contributed by atoms with van der Waals surface area (Å²) in [5.41, 5.74) is -0.0638. The smallest absolute Gasteiger partial charge is 0.390 e. The average Bonchev–Trinajstić information content (AvgIpc) is 3.57. The van der Waals surface area contributed by atoms with Crippen LogP contribution in [0.5, 0.6) is 0 Å². The molecule has 2 aliphatic rings. The Hall–Kier alpha value is -2.86. The molecule has 1 aliphatic carbocycles. The van der Waals surface area contributed by atoms with Gasteiger partial charge in [-0.2, -0.15) is 13.2 Å². The van der Waals surface area contributed by atoms with E-state index in [-0.39, 0.29) is 16.1 Å². The number of piperidine rings is 1. The van der Waals surface area contributed by atoms with Crippen LogP contribution in [0.15, 0.2) is 46.2 Å². The summed E-state index contributed by atoms with van der Waals surface area (Å²) in [4.78, 5) is 27.8. The predicted molar refractivity (Wildman–Crippen MR) is 128 cm³/mol. The van der Waals surface area contributed by atoms with Crippen molar-refractivity contribution in [2.75, 3.05) is 35.7 Å². The van der Waals surface area contributed by atoms with Gasteiger partial charge in [0.1, 0.15) is 5.69 Å². The van der Waals surface area contributed by atoms with Crippen molar-refractivity contribution in [1.29, 1.82) is 0 Å². The minimum absolute atomic E-state index is 0.0240. The maximum atomic E-state index is 13.2. The number of hydrogen-bond acceptors (Lipinski definition) is 6. The lowest BCUT2D eigenvalue weighted by molar-refractivity contribution is -0.136. The number of sulfone groups is 1. The van der Waals surface area contributed by atoms with Crippen molar-refractivity contribution < 1.29 is 31.5 Å². The molecular formula is C24H28F3N3O5S. The number of carbonyl (C=O) groups excluding carboxylic acids is 1. The summed E-state index contributed by atoms with van der Waals surface area (Å²) in [6.07, 6.45) is -0.235. The maximum Gasteiger partial charge on any atom is 0.390 e. The first kappa shape index (κ1) is 26.2. The monoisotopic (exact) mass is 527 g/mol. The van der Waals surface area contributed by atoms with Crippen LogP contribution in [-0.4, -0.2) is 55.6 Å². The zero-order valence-electron chi connectivity index (χ0n) is 19.6. The predicted octanol–water partition coefficient (Wildman–Crippen LogP) is 3.20. The standard InChI is InChI=1S/C24H28F3N3O5S/c25-24(26,27)9-13-30-10-1-2-19(22(30)33)28-21(32)18-4-3-17(36(34,35)15-14-31)16-20(18)29-11-7-23(5-6-23)8-12-29/h1-4,10,16,31H,5-9,11-15H2,(H,28,32). The molecule has 1 aromatic heterocycles. The summed E-state index contributed by atoms with van der Waals surface area (Å²) in [5, 5.41) is 11.6. The number of aliphatic hydroxyl groups excluding tert-OH is 1. The zero-order valence-corrected chi connectivity index (χ0v) is 20.4. The second-order valence-corrected chi connectivity index (χ2v) is 11.6. The van der Waals surface area contributed by atoms with Gasteiger partial charge in [0.05, 0.1) is 34.9 Å². The van der Waals surface area contributed by atoms with E-state index in [0.717, 1.165) is 30.3 Å². The summed E-state index contributed by atoms with van der Waals surface area (Å²) < 4.78 is 63.8. The Morgan fingerprint density at radius 2 is 1.81 bits per heavy atom. The number of rotatable bonds is 8. The number of nitrogens with one attached hydrogen (secondary N) is 1. The number of amides is 1. The highest BCUT2D eigenvalue weighted by Crippen LogP contribution is 2.54. The number of hydrogen-bond donors (Lipinski definition) is 2. The maximum absolute atomic E-state index is 13.2. The summed E-state index contributed by atoms with van der Waals surface area (Å²) in [7, 11) is -3.77. The lowest BCUT2D eigenvalue weighted by Gasteiger charge is -2.35. The van der Waals surface area contributed by atoms with E-state index in [9.17, 15) is 31.2 Å². The lowest BCUT2D eigenvalue weighted by Crippen LogP contribution is -2.36. The Labute approximate surface area is 206 Å². The molecule has 2 heterocycles. The number of aromatic nitrogens is 1. The van der Waals surface area contributed by atoms with E-state index in [1.54, 1.807) is 0 Å². The van der Waals surface area contributed by atoms with Crippen molar-refractivity contribution in [1.82, 2.24) is 4.57 Å². The largest absolute Gasteiger partial charge is 0.395 e. The summed E-state index contributed by atoms with van der Waals surface area (Å²) in [6, 6.07) is 6.74. The topological polar surface area (TPSA) is 109 Å². The number of aryl methyl sites for hydroxylation is 1. The Morgan fingerprint density at radius 1 is 1.11 bits per heavy atom. The first-order chi connectivity index (χ1) is 16.9. The molecule has 1 saturated heterocycles. The molecule has 0 unspecified atom stereocenters. The van der Waals surface area contributed by atoms with Crippen LogP contribution in [0.2, 0.25) is 0 Å². The van der Waals surface area contributed by atoms with E-state index < -0.39 is 52.8 Å². The number of anilines is 2. The van der Waals surface area contributed by atoms with Gasteiger partial charge < -0.3 is 19.9 Å². The molecule has 2 fully saturated rings. The van der Waals surface area contributed by atoms with Gasteiger partial charge in [-0.3, -0.25) is 9.59 Å². The molecule has 0 bridgehead atoms. The van der Waals surface area contributed by atoms with Gasteiger partial charge in [0, 0.05) is 25.8 Å². The van der Waals surface area contributed by atoms with Crippen LogP contribution < -0.4 is 15.8 Å². The molecule has 2 aromatic rings. The van der Waals surface area contributed by atoms with Gasteiger partial charge in [-0.1, -0.05) is 0 Å². The first-order valence-electron chi connectivity index (χ1n) is 11.7. The van der Waals surface area contributed by atoms with E-state index in [1.807, 2.05) is 4.90 Å². The molecule has 1 aromatic carbocycles. The van der Waals surface area contributed by atoms with Crippen LogP contribution in [0.1, 0.15) is 42.5 Å². The minimum Gasteiger partial charge on any atom is -0.395 e. The molecule has 1 aliphatic heterocycles.